The fraction of sp³-hybridized carbons (Fsp3) is 0.588. The van der Waals surface area contributed by atoms with Crippen LogP contribution in [0.2, 0.25) is 5.02 Å². The van der Waals surface area contributed by atoms with Crippen LogP contribution in [-0.2, 0) is 0 Å². The second kappa shape index (κ2) is 4.99. The molecule has 2 atom stereocenters. The van der Waals surface area contributed by atoms with Crippen LogP contribution in [0.4, 0.5) is 0 Å². The normalized spacial score (nSPS) is 30.5. The highest BCUT2D eigenvalue weighted by Gasteiger charge is 2.51. The third kappa shape index (κ3) is 2.75. The number of nitrogens with zero attached hydrogens (tertiary/aromatic N) is 1. The minimum absolute atomic E-state index is 0.0766. The molecule has 3 rings (SSSR count). The van der Waals surface area contributed by atoms with E-state index >= 15 is 0 Å². The lowest BCUT2D eigenvalue weighted by Gasteiger charge is -2.39. The topological polar surface area (TPSA) is 20.3 Å². The van der Waals surface area contributed by atoms with Crippen molar-refractivity contribution in [1.29, 1.82) is 0 Å². The summed E-state index contributed by atoms with van der Waals surface area (Å²) < 4.78 is 0.781. The maximum Gasteiger partial charge on any atom is 0.255 e. The molecule has 114 valence electrons. The summed E-state index contributed by atoms with van der Waals surface area (Å²) >= 11 is 9.71. The summed E-state index contributed by atoms with van der Waals surface area (Å²) in [7, 11) is 0. The molecule has 1 aliphatic heterocycles. The molecule has 2 bridgehead atoms. The fourth-order valence-electron chi connectivity index (χ4n) is 4.52. The summed E-state index contributed by atoms with van der Waals surface area (Å²) in [6.45, 7) is 7.80. The molecular formula is C17H21BrClNO. The van der Waals surface area contributed by atoms with Gasteiger partial charge in [0.05, 0.1) is 10.6 Å². The molecule has 0 N–H and O–H groups in total. The smallest absolute Gasteiger partial charge is 0.255 e. The molecule has 2 nitrogen and oxygen atoms in total. The predicted octanol–water partition coefficient (Wildman–Crippen LogP) is 5.14. The zero-order valence-corrected chi connectivity index (χ0v) is 15.1. The Hall–Kier alpha value is -0.540. The van der Waals surface area contributed by atoms with Crippen LogP contribution in [0, 0.1) is 10.8 Å². The Labute approximate surface area is 140 Å². The van der Waals surface area contributed by atoms with Gasteiger partial charge >= 0.3 is 0 Å². The molecule has 0 aromatic heterocycles. The molecule has 1 saturated heterocycles. The van der Waals surface area contributed by atoms with Crippen LogP contribution in [0.1, 0.15) is 50.4 Å². The first-order valence-corrected chi connectivity index (χ1v) is 8.63. The summed E-state index contributed by atoms with van der Waals surface area (Å²) in [6.07, 6.45) is 3.39. The molecule has 0 radical (unpaired) electrons. The average Bonchev–Trinajstić information content (AvgIpc) is 2.61. The van der Waals surface area contributed by atoms with Crippen molar-refractivity contribution in [2.24, 2.45) is 10.8 Å². The molecule has 4 heteroatoms. The first-order valence-electron chi connectivity index (χ1n) is 7.46. The summed E-state index contributed by atoms with van der Waals surface area (Å²) in [4.78, 5) is 15.0. The fourth-order valence-corrected chi connectivity index (χ4v) is 5.09. The van der Waals surface area contributed by atoms with Gasteiger partial charge in [-0.1, -0.05) is 38.4 Å². The van der Waals surface area contributed by atoms with Gasteiger partial charge in [-0.2, -0.15) is 0 Å². The first-order chi connectivity index (χ1) is 9.71. The minimum Gasteiger partial charge on any atom is -0.335 e. The van der Waals surface area contributed by atoms with Gasteiger partial charge in [-0.05, 0) is 58.2 Å². The van der Waals surface area contributed by atoms with E-state index in [4.69, 9.17) is 11.6 Å². The van der Waals surface area contributed by atoms with Gasteiger partial charge in [0.1, 0.15) is 0 Å². The quantitative estimate of drug-likeness (QED) is 0.670. The minimum atomic E-state index is 0.0766. The van der Waals surface area contributed by atoms with E-state index in [2.05, 4.69) is 41.6 Å². The molecule has 21 heavy (non-hydrogen) atoms. The highest BCUT2D eigenvalue weighted by atomic mass is 79.9. The Bertz CT molecular complexity index is 600. The molecule has 2 aliphatic rings. The second-order valence-corrected chi connectivity index (χ2v) is 8.98. The largest absolute Gasteiger partial charge is 0.335 e. The van der Waals surface area contributed by atoms with E-state index in [0.29, 0.717) is 22.0 Å². The van der Waals surface area contributed by atoms with Gasteiger partial charge in [0.2, 0.25) is 0 Å². The maximum absolute atomic E-state index is 12.9. The molecule has 1 saturated carbocycles. The van der Waals surface area contributed by atoms with E-state index in [1.807, 2.05) is 18.2 Å². The van der Waals surface area contributed by atoms with Gasteiger partial charge < -0.3 is 4.90 Å². The summed E-state index contributed by atoms with van der Waals surface area (Å²) in [5.41, 5.74) is 1.17. The van der Waals surface area contributed by atoms with E-state index < -0.39 is 0 Å². The first kappa shape index (κ1) is 15.4. The lowest BCUT2D eigenvalue weighted by molar-refractivity contribution is 0.0708. The zero-order valence-electron chi connectivity index (χ0n) is 12.7. The molecule has 1 aromatic rings. The van der Waals surface area contributed by atoms with Crippen molar-refractivity contribution in [3.05, 3.63) is 33.3 Å². The Balaban J connectivity index is 1.92. The summed E-state index contributed by atoms with van der Waals surface area (Å²) in [5.74, 6) is 0.0766. The Morgan fingerprint density at radius 1 is 1.33 bits per heavy atom. The lowest BCUT2D eigenvalue weighted by Crippen LogP contribution is -2.37. The van der Waals surface area contributed by atoms with E-state index in [0.717, 1.165) is 23.9 Å². The van der Waals surface area contributed by atoms with Crippen LogP contribution in [0.5, 0.6) is 0 Å². The zero-order chi connectivity index (χ0) is 15.4. The van der Waals surface area contributed by atoms with E-state index in [-0.39, 0.29) is 11.3 Å². The monoisotopic (exact) mass is 369 g/mol. The van der Waals surface area contributed by atoms with Crippen LogP contribution in [0.25, 0.3) is 0 Å². The lowest BCUT2D eigenvalue weighted by atomic mass is 9.65. The summed E-state index contributed by atoms with van der Waals surface area (Å²) in [5, 5.41) is 0.522. The highest BCUT2D eigenvalue weighted by molar-refractivity contribution is 9.10. The van der Waals surface area contributed by atoms with Gasteiger partial charge in [0.15, 0.2) is 0 Å². The molecule has 2 unspecified atom stereocenters. The van der Waals surface area contributed by atoms with Crippen molar-refractivity contribution in [1.82, 2.24) is 4.90 Å². The van der Waals surface area contributed by atoms with Crippen LogP contribution < -0.4 is 0 Å². The van der Waals surface area contributed by atoms with Crippen molar-refractivity contribution in [2.45, 2.75) is 46.1 Å². The third-order valence-electron chi connectivity index (χ3n) is 4.86. The van der Waals surface area contributed by atoms with Crippen molar-refractivity contribution < 1.29 is 4.79 Å². The van der Waals surface area contributed by atoms with E-state index in [9.17, 15) is 4.79 Å². The molecular weight excluding hydrogens is 350 g/mol. The van der Waals surface area contributed by atoms with Gasteiger partial charge in [0.25, 0.3) is 5.91 Å². The van der Waals surface area contributed by atoms with Crippen LogP contribution in [0.15, 0.2) is 22.7 Å². The average molecular weight is 371 g/mol. The van der Waals surface area contributed by atoms with E-state index in [1.165, 1.54) is 6.42 Å². The standard InChI is InChI=1S/C17H21BrClNO/c1-16(2)7-11-8-17(3,9-16)10-20(11)15(21)12-5-4-6-13(18)14(12)19/h4-6,11H,7-10H2,1-3H3. The molecule has 1 aliphatic carbocycles. The highest BCUT2D eigenvalue weighted by Crippen LogP contribution is 2.52. The van der Waals surface area contributed by atoms with Crippen LogP contribution in [-0.4, -0.2) is 23.4 Å². The Kier molecular flexibility index (Phi) is 3.65. The summed E-state index contributed by atoms with van der Waals surface area (Å²) in [6, 6.07) is 5.91. The Morgan fingerprint density at radius 2 is 2.05 bits per heavy atom. The number of carbonyl (C=O) groups is 1. The number of amides is 1. The number of rotatable bonds is 1. The Morgan fingerprint density at radius 3 is 2.76 bits per heavy atom. The van der Waals surface area contributed by atoms with Gasteiger partial charge in [0, 0.05) is 17.1 Å². The van der Waals surface area contributed by atoms with Gasteiger partial charge in [-0.15, -0.1) is 0 Å². The number of fused-ring (bicyclic) bond motifs is 2. The van der Waals surface area contributed by atoms with Crippen LogP contribution >= 0.6 is 27.5 Å². The molecule has 0 spiro atoms. The molecule has 1 amide bonds. The number of halogens is 2. The maximum atomic E-state index is 12.9. The van der Waals surface area contributed by atoms with Gasteiger partial charge in [-0.3, -0.25) is 4.79 Å². The second-order valence-electron chi connectivity index (χ2n) is 7.75. The van der Waals surface area contributed by atoms with Crippen LogP contribution in [0.3, 0.4) is 0 Å². The third-order valence-corrected chi connectivity index (χ3v) is 6.15. The number of hydrogen-bond donors (Lipinski definition) is 0. The molecule has 2 fully saturated rings. The molecule has 1 aromatic carbocycles. The molecule has 1 heterocycles. The SMILES string of the molecule is CC1(C)CC2CC(C)(CN2C(=O)c2cccc(Br)c2Cl)C1. The number of carbonyl (C=O) groups excluding carboxylic acids is 1. The van der Waals surface area contributed by atoms with Crippen molar-refractivity contribution >= 4 is 33.4 Å². The number of benzene rings is 1. The number of hydrogen-bond acceptors (Lipinski definition) is 1. The van der Waals surface area contributed by atoms with Crippen molar-refractivity contribution in [2.75, 3.05) is 6.54 Å². The number of likely N-dealkylation sites (tertiary alicyclic amines) is 1. The van der Waals surface area contributed by atoms with Gasteiger partial charge in [-0.25, -0.2) is 0 Å². The van der Waals surface area contributed by atoms with Crippen molar-refractivity contribution in [3.63, 3.8) is 0 Å². The van der Waals surface area contributed by atoms with Crippen molar-refractivity contribution in [3.8, 4) is 0 Å². The predicted molar refractivity (Wildman–Crippen MR) is 89.7 cm³/mol. The van der Waals surface area contributed by atoms with E-state index in [1.54, 1.807) is 0 Å².